The van der Waals surface area contributed by atoms with E-state index in [1.165, 1.54) is 4.90 Å². The molecule has 132 valence electrons. The van der Waals surface area contributed by atoms with Gasteiger partial charge in [0, 0.05) is 16.6 Å². The average molecular weight is 405 g/mol. The highest BCUT2D eigenvalue weighted by molar-refractivity contribution is 9.10. The summed E-state index contributed by atoms with van der Waals surface area (Å²) in [4.78, 5) is 30.4. The fourth-order valence-electron chi connectivity index (χ4n) is 2.46. The highest BCUT2D eigenvalue weighted by atomic mass is 79.9. The molecule has 1 aromatic carbocycles. The van der Waals surface area contributed by atoms with E-state index in [2.05, 4.69) is 20.9 Å². The Labute approximate surface area is 156 Å². The lowest BCUT2D eigenvalue weighted by Crippen LogP contribution is -2.36. The quantitative estimate of drug-likeness (QED) is 0.686. The third kappa shape index (κ3) is 4.89. The lowest BCUT2D eigenvalue weighted by atomic mass is 10.1. The molecule has 0 saturated carbocycles. The van der Waals surface area contributed by atoms with Crippen LogP contribution in [0.5, 0.6) is 0 Å². The molecule has 0 aliphatic rings. The number of rotatable bonds is 6. The summed E-state index contributed by atoms with van der Waals surface area (Å²) in [5.74, 6) is -0.629. The molecule has 6 heteroatoms. The third-order valence-corrected chi connectivity index (χ3v) is 4.22. The van der Waals surface area contributed by atoms with Gasteiger partial charge in [-0.2, -0.15) is 0 Å². The van der Waals surface area contributed by atoms with Crippen LogP contribution in [0.25, 0.3) is 11.3 Å². The van der Waals surface area contributed by atoms with Crippen LogP contribution in [0.1, 0.15) is 29.9 Å². The number of nitrogens with zero attached hydrogens (tertiary/aromatic N) is 2. The second-order valence-corrected chi connectivity index (χ2v) is 6.38. The van der Waals surface area contributed by atoms with Crippen LogP contribution in [-0.2, 0) is 9.53 Å². The summed E-state index contributed by atoms with van der Waals surface area (Å²) in [6.07, 6.45) is 0. The minimum Gasteiger partial charge on any atom is -0.465 e. The Kier molecular flexibility index (Phi) is 6.70. The van der Waals surface area contributed by atoms with Crippen molar-refractivity contribution in [1.29, 1.82) is 0 Å². The predicted molar refractivity (Wildman–Crippen MR) is 100 cm³/mol. The van der Waals surface area contributed by atoms with Crippen molar-refractivity contribution in [3.05, 3.63) is 52.1 Å². The normalized spacial score (nSPS) is 10.4. The van der Waals surface area contributed by atoms with Gasteiger partial charge in [-0.05, 0) is 45.0 Å². The Hall–Kier alpha value is -2.21. The fourth-order valence-corrected chi connectivity index (χ4v) is 2.85. The number of esters is 1. The molecule has 0 aliphatic heterocycles. The first-order valence-electron chi connectivity index (χ1n) is 8.14. The van der Waals surface area contributed by atoms with Gasteiger partial charge in [0.25, 0.3) is 5.91 Å². The Morgan fingerprint density at radius 2 is 1.96 bits per heavy atom. The number of hydrogen-bond acceptors (Lipinski definition) is 4. The van der Waals surface area contributed by atoms with Crippen LogP contribution in [0, 0.1) is 6.92 Å². The van der Waals surface area contributed by atoms with E-state index in [0.29, 0.717) is 24.4 Å². The Balaban J connectivity index is 2.24. The van der Waals surface area contributed by atoms with Crippen LogP contribution in [0.4, 0.5) is 0 Å². The number of carbonyl (C=O) groups excluding carboxylic acids is 2. The van der Waals surface area contributed by atoms with Crippen LogP contribution in [0.2, 0.25) is 0 Å². The maximum absolute atomic E-state index is 12.7. The van der Waals surface area contributed by atoms with Crippen molar-refractivity contribution >= 4 is 27.8 Å². The number of ether oxygens (including phenoxy) is 1. The molecule has 0 spiro atoms. The van der Waals surface area contributed by atoms with Gasteiger partial charge in [-0.3, -0.25) is 14.6 Å². The molecular formula is C19H21BrN2O3. The van der Waals surface area contributed by atoms with E-state index in [1.54, 1.807) is 19.9 Å². The molecular weight excluding hydrogens is 384 g/mol. The molecule has 25 heavy (non-hydrogen) atoms. The first-order chi connectivity index (χ1) is 12.0. The molecule has 1 amide bonds. The predicted octanol–water partition coefficient (Wildman–Crippen LogP) is 3.84. The molecule has 0 bridgehead atoms. The van der Waals surface area contributed by atoms with E-state index in [-0.39, 0.29) is 12.5 Å². The van der Waals surface area contributed by atoms with Gasteiger partial charge in [-0.1, -0.05) is 28.1 Å². The van der Waals surface area contributed by atoms with Crippen molar-refractivity contribution in [3.63, 3.8) is 0 Å². The van der Waals surface area contributed by atoms with Gasteiger partial charge in [-0.15, -0.1) is 0 Å². The zero-order valence-electron chi connectivity index (χ0n) is 14.6. The van der Waals surface area contributed by atoms with Gasteiger partial charge in [0.1, 0.15) is 6.54 Å². The van der Waals surface area contributed by atoms with Crippen LogP contribution in [0.15, 0.2) is 40.9 Å². The number of aromatic nitrogens is 1. The average Bonchev–Trinajstić information content (AvgIpc) is 2.59. The number of likely N-dealkylation sites (N-methyl/N-ethyl adjacent to an activating group) is 1. The minimum atomic E-state index is -0.408. The highest BCUT2D eigenvalue weighted by Gasteiger charge is 2.20. The maximum atomic E-state index is 12.7. The van der Waals surface area contributed by atoms with Crippen molar-refractivity contribution < 1.29 is 14.3 Å². The monoisotopic (exact) mass is 404 g/mol. The molecule has 0 unspecified atom stereocenters. The Bertz CT molecular complexity index is 777. The van der Waals surface area contributed by atoms with E-state index >= 15 is 0 Å². The molecule has 0 fully saturated rings. The zero-order valence-corrected chi connectivity index (χ0v) is 16.2. The third-order valence-electron chi connectivity index (χ3n) is 3.73. The summed E-state index contributed by atoms with van der Waals surface area (Å²) in [5, 5.41) is 0. The van der Waals surface area contributed by atoms with E-state index in [0.717, 1.165) is 15.7 Å². The number of aryl methyl sites for hydroxylation is 1. The second-order valence-electron chi connectivity index (χ2n) is 5.46. The molecule has 2 aromatic rings. The summed E-state index contributed by atoms with van der Waals surface area (Å²) in [7, 11) is 0. The summed E-state index contributed by atoms with van der Waals surface area (Å²) in [6, 6.07) is 11.4. The number of carbonyl (C=O) groups is 2. The SMILES string of the molecule is CCOC(=O)CN(CC)C(=O)c1ccc(-c2cccc(Br)c2)nc1C. The Morgan fingerprint density at radius 1 is 1.20 bits per heavy atom. The van der Waals surface area contributed by atoms with Crippen LogP contribution >= 0.6 is 15.9 Å². The molecule has 5 nitrogen and oxygen atoms in total. The van der Waals surface area contributed by atoms with Crippen molar-refractivity contribution in [2.45, 2.75) is 20.8 Å². The zero-order chi connectivity index (χ0) is 18.4. The first kappa shape index (κ1) is 19.1. The van der Waals surface area contributed by atoms with E-state index in [4.69, 9.17) is 4.74 Å². The van der Waals surface area contributed by atoms with Gasteiger partial charge in [0.15, 0.2) is 0 Å². The molecule has 0 N–H and O–H groups in total. The van der Waals surface area contributed by atoms with Crippen molar-refractivity contribution in [3.8, 4) is 11.3 Å². The Morgan fingerprint density at radius 3 is 2.56 bits per heavy atom. The fraction of sp³-hybridized carbons (Fsp3) is 0.316. The van der Waals surface area contributed by atoms with Crippen molar-refractivity contribution in [1.82, 2.24) is 9.88 Å². The molecule has 2 rings (SSSR count). The number of halogens is 1. The van der Waals surface area contributed by atoms with Crippen LogP contribution in [0.3, 0.4) is 0 Å². The molecule has 0 atom stereocenters. The number of hydrogen-bond donors (Lipinski definition) is 0. The lowest BCUT2D eigenvalue weighted by Gasteiger charge is -2.20. The topological polar surface area (TPSA) is 59.5 Å². The lowest BCUT2D eigenvalue weighted by molar-refractivity contribution is -0.143. The number of amides is 1. The van der Waals surface area contributed by atoms with Crippen molar-refractivity contribution in [2.75, 3.05) is 19.7 Å². The van der Waals surface area contributed by atoms with E-state index < -0.39 is 5.97 Å². The van der Waals surface area contributed by atoms with Gasteiger partial charge in [0.05, 0.1) is 23.6 Å². The number of pyridine rings is 1. The van der Waals surface area contributed by atoms with E-state index in [9.17, 15) is 9.59 Å². The second kappa shape index (κ2) is 8.76. The summed E-state index contributed by atoms with van der Waals surface area (Å²) >= 11 is 3.45. The largest absolute Gasteiger partial charge is 0.465 e. The number of benzene rings is 1. The van der Waals surface area contributed by atoms with Crippen molar-refractivity contribution in [2.24, 2.45) is 0 Å². The smallest absolute Gasteiger partial charge is 0.325 e. The van der Waals surface area contributed by atoms with Crippen LogP contribution < -0.4 is 0 Å². The molecule has 0 radical (unpaired) electrons. The van der Waals surface area contributed by atoms with Gasteiger partial charge < -0.3 is 9.64 Å². The summed E-state index contributed by atoms with van der Waals surface area (Å²) < 4.78 is 5.89. The molecule has 1 aromatic heterocycles. The molecule has 1 heterocycles. The van der Waals surface area contributed by atoms with Gasteiger partial charge in [0.2, 0.25) is 0 Å². The first-order valence-corrected chi connectivity index (χ1v) is 8.94. The molecule has 0 aliphatic carbocycles. The maximum Gasteiger partial charge on any atom is 0.325 e. The van der Waals surface area contributed by atoms with Gasteiger partial charge in [-0.25, -0.2) is 0 Å². The van der Waals surface area contributed by atoms with E-state index in [1.807, 2.05) is 37.3 Å². The molecule has 0 saturated heterocycles. The minimum absolute atomic E-state index is 0.0595. The highest BCUT2D eigenvalue weighted by Crippen LogP contribution is 2.23. The standard InChI is InChI=1S/C19H21BrN2O3/c1-4-22(12-18(23)25-5-2)19(24)16-9-10-17(21-13(16)3)14-7-6-8-15(20)11-14/h6-11H,4-5,12H2,1-3H3. The van der Waals surface area contributed by atoms with Crippen LogP contribution in [-0.4, -0.2) is 41.5 Å². The summed E-state index contributed by atoms with van der Waals surface area (Å²) in [5.41, 5.74) is 2.88. The van der Waals surface area contributed by atoms with Gasteiger partial charge >= 0.3 is 5.97 Å². The summed E-state index contributed by atoms with van der Waals surface area (Å²) in [6.45, 7) is 6.03.